The second-order valence-electron chi connectivity index (χ2n) is 5.24. The van der Waals surface area contributed by atoms with E-state index in [1.54, 1.807) is 0 Å². The van der Waals surface area contributed by atoms with Crippen molar-refractivity contribution in [3.63, 3.8) is 0 Å². The quantitative estimate of drug-likeness (QED) is 0.140. The van der Waals surface area contributed by atoms with E-state index in [9.17, 15) is 0 Å². The minimum absolute atomic E-state index is 0.795. The van der Waals surface area contributed by atoms with Crippen LogP contribution in [0.3, 0.4) is 0 Å². The van der Waals surface area contributed by atoms with E-state index in [4.69, 9.17) is 33.2 Å². The monoisotopic (exact) mass is 342 g/mol. The van der Waals surface area contributed by atoms with Crippen LogP contribution in [0.1, 0.15) is 77.6 Å². The molecule has 0 nitrogen and oxygen atoms in total. The van der Waals surface area contributed by atoms with Crippen LogP contribution in [0.5, 0.6) is 0 Å². The molecule has 0 spiro atoms. The van der Waals surface area contributed by atoms with Crippen LogP contribution in [0, 0.1) is 0 Å². The van der Waals surface area contributed by atoms with E-state index >= 15 is 0 Å². The van der Waals surface area contributed by atoms with Crippen LogP contribution in [-0.4, -0.2) is 6.00 Å². The predicted molar refractivity (Wildman–Crippen MR) is 93.7 cm³/mol. The van der Waals surface area contributed by atoms with Gasteiger partial charge >= 0.3 is 6.00 Å². The molecule has 0 rings (SSSR count). The van der Waals surface area contributed by atoms with Crippen molar-refractivity contribution in [1.82, 2.24) is 0 Å². The molecule has 4 heteroatoms. The first-order chi connectivity index (χ1) is 9.06. The van der Waals surface area contributed by atoms with E-state index in [1.165, 1.54) is 51.4 Å². The van der Waals surface area contributed by atoms with Gasteiger partial charge in [-0.3, -0.25) is 0 Å². The van der Waals surface area contributed by atoms with Crippen molar-refractivity contribution >= 4 is 39.2 Å². The molecule has 0 aliphatic rings. The molecule has 0 heterocycles. The summed E-state index contributed by atoms with van der Waals surface area (Å²) in [6.07, 6.45) is 18.9. The van der Waals surface area contributed by atoms with E-state index in [-0.39, 0.29) is 0 Å². The third-order valence-corrected chi connectivity index (χ3v) is 5.84. The first-order valence-corrected chi connectivity index (χ1v) is 13.0. The zero-order valence-corrected chi connectivity index (χ0v) is 15.5. The van der Waals surface area contributed by atoms with Crippen LogP contribution >= 0.6 is 33.2 Å². The molecular weight excluding hydrogens is 315 g/mol. The van der Waals surface area contributed by atoms with E-state index in [0.717, 1.165) is 25.3 Å². The molecule has 114 valence electrons. The first-order valence-electron chi connectivity index (χ1n) is 7.78. The number of unbranched alkanes of at least 4 members (excludes halogenated alkanes) is 9. The fraction of sp³-hybridized carbons (Fsp3) is 0.867. The number of rotatable bonds is 13. The van der Waals surface area contributed by atoms with Gasteiger partial charge < -0.3 is 0 Å². The predicted octanol–water partition coefficient (Wildman–Crippen LogP) is 7.51. The van der Waals surface area contributed by atoms with Crippen LogP contribution < -0.4 is 0 Å². The highest BCUT2D eigenvalue weighted by molar-refractivity contribution is 7.64. The molecule has 0 aromatic rings. The number of halogens is 3. The maximum absolute atomic E-state index is 5.83. The standard InChI is InChI=1S/C15H29Cl3Si/c1-2-3-4-5-6-7-8-9-10-11-12-13-14-15-19(16,17)18/h10-11H,2-9,12-15H2,1H3/b11-10+. The fourth-order valence-electron chi connectivity index (χ4n) is 2.04. The molecule has 0 N–H and O–H groups in total. The average molecular weight is 344 g/mol. The summed E-state index contributed by atoms with van der Waals surface area (Å²) >= 11 is 17.5. The Balaban J connectivity index is 3.13. The van der Waals surface area contributed by atoms with Crippen LogP contribution in [0.2, 0.25) is 6.04 Å². The molecule has 0 aromatic carbocycles. The topological polar surface area (TPSA) is 0 Å². The summed E-state index contributed by atoms with van der Waals surface area (Å²) in [5.74, 6) is 0. The Morgan fingerprint density at radius 2 is 1.16 bits per heavy atom. The highest BCUT2D eigenvalue weighted by Crippen LogP contribution is 2.27. The summed E-state index contributed by atoms with van der Waals surface area (Å²) < 4.78 is 0. The molecule has 0 bridgehead atoms. The second kappa shape index (κ2) is 13.8. The van der Waals surface area contributed by atoms with E-state index < -0.39 is 6.00 Å². The van der Waals surface area contributed by atoms with Gasteiger partial charge in [-0.25, -0.2) is 0 Å². The molecule has 0 atom stereocenters. The highest BCUT2D eigenvalue weighted by atomic mass is 35.8. The number of hydrogen-bond donors (Lipinski definition) is 0. The Labute approximate surface area is 135 Å². The van der Waals surface area contributed by atoms with Gasteiger partial charge in [0.05, 0.1) is 0 Å². The van der Waals surface area contributed by atoms with Crippen molar-refractivity contribution in [2.45, 2.75) is 83.6 Å². The van der Waals surface area contributed by atoms with Gasteiger partial charge in [-0.15, -0.1) is 33.2 Å². The lowest BCUT2D eigenvalue weighted by Gasteiger charge is -2.05. The van der Waals surface area contributed by atoms with Gasteiger partial charge in [-0.1, -0.05) is 64.0 Å². The molecule has 19 heavy (non-hydrogen) atoms. The van der Waals surface area contributed by atoms with Gasteiger partial charge in [-0.2, -0.15) is 0 Å². The Morgan fingerprint density at radius 3 is 1.68 bits per heavy atom. The smallest absolute Gasteiger partial charge is 0.126 e. The lowest BCUT2D eigenvalue weighted by Crippen LogP contribution is -2.07. The zero-order valence-electron chi connectivity index (χ0n) is 12.3. The van der Waals surface area contributed by atoms with E-state index in [2.05, 4.69) is 19.1 Å². The Morgan fingerprint density at radius 1 is 0.684 bits per heavy atom. The number of hydrogen-bond acceptors (Lipinski definition) is 0. The summed E-state index contributed by atoms with van der Waals surface area (Å²) in [5, 5.41) is 0. The fourth-order valence-corrected chi connectivity index (χ4v) is 3.90. The van der Waals surface area contributed by atoms with E-state index in [1.807, 2.05) is 0 Å². The normalized spacial score (nSPS) is 12.4. The molecular formula is C15H29Cl3Si. The molecule has 0 aliphatic heterocycles. The summed E-state index contributed by atoms with van der Waals surface area (Å²) in [7, 11) is 0. The Hall–Kier alpha value is 0.827. The van der Waals surface area contributed by atoms with Gasteiger partial charge in [0.15, 0.2) is 0 Å². The second-order valence-corrected chi connectivity index (χ2v) is 14.5. The maximum Gasteiger partial charge on any atom is 0.341 e. The van der Waals surface area contributed by atoms with Crippen molar-refractivity contribution < 1.29 is 0 Å². The van der Waals surface area contributed by atoms with Gasteiger partial charge in [0.2, 0.25) is 0 Å². The third-order valence-electron chi connectivity index (χ3n) is 3.22. The van der Waals surface area contributed by atoms with Crippen LogP contribution in [0.15, 0.2) is 12.2 Å². The first kappa shape index (κ1) is 19.8. The molecule has 0 aliphatic carbocycles. The molecule has 0 saturated heterocycles. The SMILES string of the molecule is CCCCCCCCC/C=C/CCCC[Si](Cl)(Cl)Cl. The summed E-state index contributed by atoms with van der Waals surface area (Å²) in [5.41, 5.74) is 0. The van der Waals surface area contributed by atoms with Crippen LogP contribution in [-0.2, 0) is 0 Å². The van der Waals surface area contributed by atoms with Gasteiger partial charge in [0, 0.05) is 0 Å². The highest BCUT2D eigenvalue weighted by Gasteiger charge is 2.23. The van der Waals surface area contributed by atoms with Gasteiger partial charge in [-0.05, 0) is 31.7 Å². The maximum atomic E-state index is 5.83. The van der Waals surface area contributed by atoms with Crippen molar-refractivity contribution in [2.24, 2.45) is 0 Å². The Kier molecular flexibility index (Phi) is 14.4. The lowest BCUT2D eigenvalue weighted by atomic mass is 10.1. The minimum atomic E-state index is -2.36. The summed E-state index contributed by atoms with van der Waals surface area (Å²) in [6.45, 7) is 2.26. The van der Waals surface area contributed by atoms with Crippen LogP contribution in [0.4, 0.5) is 0 Å². The molecule has 0 aromatic heterocycles. The molecule has 0 radical (unpaired) electrons. The zero-order chi connectivity index (χ0) is 14.4. The Bertz CT molecular complexity index is 212. The largest absolute Gasteiger partial charge is 0.341 e. The minimum Gasteiger partial charge on any atom is -0.126 e. The summed E-state index contributed by atoms with van der Waals surface area (Å²) in [6, 6.07) is -1.57. The molecule has 0 unspecified atom stereocenters. The van der Waals surface area contributed by atoms with Gasteiger partial charge in [0.25, 0.3) is 0 Å². The third kappa shape index (κ3) is 18.8. The van der Waals surface area contributed by atoms with Gasteiger partial charge in [0.1, 0.15) is 0 Å². The molecule has 0 saturated carbocycles. The average Bonchev–Trinajstić information content (AvgIpc) is 2.34. The van der Waals surface area contributed by atoms with Crippen molar-refractivity contribution in [3.05, 3.63) is 12.2 Å². The lowest BCUT2D eigenvalue weighted by molar-refractivity contribution is 0.592. The van der Waals surface area contributed by atoms with Crippen LogP contribution in [0.25, 0.3) is 0 Å². The molecule has 0 amide bonds. The van der Waals surface area contributed by atoms with E-state index in [0.29, 0.717) is 0 Å². The van der Waals surface area contributed by atoms with Crippen molar-refractivity contribution in [2.75, 3.05) is 0 Å². The van der Waals surface area contributed by atoms with Crippen molar-refractivity contribution in [1.29, 1.82) is 0 Å². The molecule has 0 fully saturated rings. The number of allylic oxidation sites excluding steroid dienone is 2. The summed E-state index contributed by atoms with van der Waals surface area (Å²) in [4.78, 5) is 0. The van der Waals surface area contributed by atoms with Crippen molar-refractivity contribution in [3.8, 4) is 0 Å².